The van der Waals surface area contributed by atoms with E-state index in [2.05, 4.69) is 4.98 Å². The minimum absolute atomic E-state index is 0.447. The lowest BCUT2D eigenvalue weighted by Crippen LogP contribution is -2.09. The van der Waals surface area contributed by atoms with Crippen molar-refractivity contribution in [3.63, 3.8) is 0 Å². The Morgan fingerprint density at radius 2 is 1.87 bits per heavy atom. The maximum absolute atomic E-state index is 12.2. The summed E-state index contributed by atoms with van der Waals surface area (Å²) in [6.45, 7) is 0. The molecule has 0 radical (unpaired) electrons. The van der Waals surface area contributed by atoms with Gasteiger partial charge in [0.1, 0.15) is 5.69 Å². The van der Waals surface area contributed by atoms with Crippen molar-refractivity contribution in [2.24, 2.45) is 0 Å². The number of halogens is 2. The van der Waals surface area contributed by atoms with Crippen LogP contribution in [0.4, 0.5) is 8.78 Å². The Bertz CT molecular complexity index is 419. The third-order valence-corrected chi connectivity index (χ3v) is 1.60. The summed E-state index contributed by atoms with van der Waals surface area (Å²) in [4.78, 5) is 24.1. The standard InChI is InChI=1S/C8H5F2NO4/c9-6(10)5-4(8(14)15)1-3(2-11-5)7(12)13/h1-2,6H,(H,12,13)(H,14,15). The third kappa shape index (κ3) is 2.25. The fraction of sp³-hybridized carbons (Fsp3) is 0.125. The molecule has 0 aliphatic rings. The number of carbonyl (C=O) groups is 2. The summed E-state index contributed by atoms with van der Waals surface area (Å²) in [5, 5.41) is 17.1. The number of carboxylic acids is 2. The molecule has 1 heterocycles. The van der Waals surface area contributed by atoms with E-state index in [0.29, 0.717) is 12.3 Å². The molecular formula is C8H5F2NO4. The molecule has 0 atom stereocenters. The Balaban J connectivity index is 3.33. The quantitative estimate of drug-likeness (QED) is 0.799. The minimum Gasteiger partial charge on any atom is -0.478 e. The van der Waals surface area contributed by atoms with Gasteiger partial charge in [0.15, 0.2) is 0 Å². The second kappa shape index (κ2) is 3.99. The van der Waals surface area contributed by atoms with Crippen LogP contribution >= 0.6 is 0 Å². The van der Waals surface area contributed by atoms with Gasteiger partial charge in [-0.2, -0.15) is 0 Å². The van der Waals surface area contributed by atoms with E-state index in [1.807, 2.05) is 0 Å². The van der Waals surface area contributed by atoms with E-state index < -0.39 is 35.2 Å². The molecule has 0 bridgehead atoms. The van der Waals surface area contributed by atoms with E-state index in [-0.39, 0.29) is 0 Å². The number of rotatable bonds is 3. The van der Waals surface area contributed by atoms with Crippen molar-refractivity contribution >= 4 is 11.9 Å². The van der Waals surface area contributed by atoms with Crippen LogP contribution in [-0.4, -0.2) is 27.1 Å². The summed E-state index contributed by atoms with van der Waals surface area (Å²) < 4.78 is 24.5. The lowest BCUT2D eigenvalue weighted by atomic mass is 10.1. The monoisotopic (exact) mass is 217 g/mol. The highest BCUT2D eigenvalue weighted by molar-refractivity contribution is 5.94. The third-order valence-electron chi connectivity index (χ3n) is 1.60. The predicted octanol–water partition coefficient (Wildman–Crippen LogP) is 1.42. The normalized spacial score (nSPS) is 10.3. The van der Waals surface area contributed by atoms with Crippen LogP contribution in [0, 0.1) is 0 Å². The number of aromatic nitrogens is 1. The van der Waals surface area contributed by atoms with Crippen molar-refractivity contribution in [2.75, 3.05) is 0 Å². The number of carboxylic acid groups (broad SMARTS) is 2. The smallest absolute Gasteiger partial charge is 0.337 e. The molecule has 7 heteroatoms. The zero-order valence-corrected chi connectivity index (χ0v) is 7.15. The van der Waals surface area contributed by atoms with E-state index in [1.54, 1.807) is 0 Å². The number of hydrogen-bond donors (Lipinski definition) is 2. The molecule has 5 nitrogen and oxygen atoms in total. The Labute approximate surface area is 82.0 Å². The van der Waals surface area contributed by atoms with E-state index in [0.717, 1.165) is 0 Å². The van der Waals surface area contributed by atoms with Gasteiger partial charge in [0.05, 0.1) is 11.1 Å². The highest BCUT2D eigenvalue weighted by Crippen LogP contribution is 2.21. The molecule has 0 saturated heterocycles. The summed E-state index contributed by atoms with van der Waals surface area (Å²) in [5.41, 5.74) is -2.19. The highest BCUT2D eigenvalue weighted by Gasteiger charge is 2.21. The first-order valence-corrected chi connectivity index (χ1v) is 3.68. The Kier molecular flexibility index (Phi) is 2.93. The molecule has 0 unspecified atom stereocenters. The number of alkyl halides is 2. The lowest BCUT2D eigenvalue weighted by Gasteiger charge is -2.04. The molecule has 1 aromatic heterocycles. The van der Waals surface area contributed by atoms with Crippen LogP contribution in [0.2, 0.25) is 0 Å². The SMILES string of the molecule is O=C(O)c1cnc(C(F)F)c(C(=O)O)c1. The van der Waals surface area contributed by atoms with E-state index in [4.69, 9.17) is 10.2 Å². The van der Waals surface area contributed by atoms with Crippen molar-refractivity contribution in [1.29, 1.82) is 0 Å². The second-order valence-electron chi connectivity index (χ2n) is 2.57. The molecule has 0 aromatic carbocycles. The second-order valence-corrected chi connectivity index (χ2v) is 2.57. The molecule has 1 rings (SSSR count). The molecule has 2 N–H and O–H groups in total. The molecule has 0 aliphatic carbocycles. The van der Waals surface area contributed by atoms with Crippen LogP contribution in [-0.2, 0) is 0 Å². The zero-order chi connectivity index (χ0) is 11.6. The van der Waals surface area contributed by atoms with Gasteiger partial charge >= 0.3 is 11.9 Å². The van der Waals surface area contributed by atoms with Gasteiger partial charge in [0.2, 0.25) is 0 Å². The molecule has 1 aromatic rings. The van der Waals surface area contributed by atoms with Gasteiger partial charge in [-0.25, -0.2) is 18.4 Å². The Morgan fingerprint density at radius 1 is 1.27 bits per heavy atom. The summed E-state index contributed by atoms with van der Waals surface area (Å²) in [6, 6.07) is 0.652. The zero-order valence-electron chi connectivity index (χ0n) is 7.15. The van der Waals surface area contributed by atoms with Gasteiger partial charge in [0, 0.05) is 6.20 Å². The first-order chi connectivity index (χ1) is 6.93. The summed E-state index contributed by atoms with van der Waals surface area (Å²) in [7, 11) is 0. The maximum atomic E-state index is 12.2. The lowest BCUT2D eigenvalue weighted by molar-refractivity contribution is 0.0681. The van der Waals surface area contributed by atoms with Crippen molar-refractivity contribution in [3.8, 4) is 0 Å². The van der Waals surface area contributed by atoms with Crippen molar-refractivity contribution in [3.05, 3.63) is 29.1 Å². The van der Waals surface area contributed by atoms with Gasteiger partial charge in [-0.15, -0.1) is 0 Å². The van der Waals surface area contributed by atoms with Gasteiger partial charge in [-0.1, -0.05) is 0 Å². The first kappa shape index (κ1) is 11.0. The van der Waals surface area contributed by atoms with Crippen LogP contribution < -0.4 is 0 Å². The molecule has 0 aliphatic heterocycles. The average molecular weight is 217 g/mol. The van der Waals surface area contributed by atoms with E-state index in [9.17, 15) is 18.4 Å². The van der Waals surface area contributed by atoms with Crippen LogP contribution in [0.25, 0.3) is 0 Å². The fourth-order valence-electron chi connectivity index (χ4n) is 0.937. The van der Waals surface area contributed by atoms with Crippen molar-refractivity contribution in [1.82, 2.24) is 4.98 Å². The highest BCUT2D eigenvalue weighted by atomic mass is 19.3. The summed E-state index contributed by atoms with van der Waals surface area (Å²) in [6.07, 6.45) is -2.37. The molecule has 15 heavy (non-hydrogen) atoms. The van der Waals surface area contributed by atoms with E-state index in [1.165, 1.54) is 0 Å². The fourth-order valence-corrected chi connectivity index (χ4v) is 0.937. The molecule has 0 amide bonds. The number of hydrogen-bond acceptors (Lipinski definition) is 3. The van der Waals surface area contributed by atoms with Crippen molar-refractivity contribution in [2.45, 2.75) is 6.43 Å². The maximum Gasteiger partial charge on any atom is 0.337 e. The van der Waals surface area contributed by atoms with Gasteiger partial charge in [0.25, 0.3) is 6.43 Å². The molecule has 80 valence electrons. The number of aromatic carboxylic acids is 2. The van der Waals surface area contributed by atoms with Gasteiger partial charge in [-0.05, 0) is 6.07 Å². The Hall–Kier alpha value is -2.05. The molecule has 0 fully saturated rings. The van der Waals surface area contributed by atoms with Crippen LogP contribution in [0.1, 0.15) is 32.8 Å². The largest absolute Gasteiger partial charge is 0.478 e. The first-order valence-electron chi connectivity index (χ1n) is 3.68. The topological polar surface area (TPSA) is 87.5 Å². The minimum atomic E-state index is -3.06. The molecule has 0 spiro atoms. The Morgan fingerprint density at radius 3 is 2.27 bits per heavy atom. The summed E-state index contributed by atoms with van der Waals surface area (Å²) in [5.74, 6) is -3.06. The van der Waals surface area contributed by atoms with Gasteiger partial charge < -0.3 is 10.2 Å². The van der Waals surface area contributed by atoms with Crippen LogP contribution in [0.5, 0.6) is 0 Å². The van der Waals surface area contributed by atoms with Gasteiger partial charge in [-0.3, -0.25) is 4.98 Å². The van der Waals surface area contributed by atoms with Crippen LogP contribution in [0.15, 0.2) is 12.3 Å². The molecule has 0 saturated carbocycles. The predicted molar refractivity (Wildman–Crippen MR) is 43.1 cm³/mol. The number of pyridine rings is 1. The van der Waals surface area contributed by atoms with E-state index >= 15 is 0 Å². The average Bonchev–Trinajstić information content (AvgIpc) is 2.16. The van der Waals surface area contributed by atoms with Crippen LogP contribution in [0.3, 0.4) is 0 Å². The molecular weight excluding hydrogens is 212 g/mol. The summed E-state index contributed by atoms with van der Waals surface area (Å²) >= 11 is 0. The van der Waals surface area contributed by atoms with Crippen molar-refractivity contribution < 1.29 is 28.6 Å². The number of nitrogens with zero attached hydrogens (tertiary/aromatic N) is 1.